The van der Waals surface area contributed by atoms with Gasteiger partial charge < -0.3 is 0 Å². The molecule has 0 aliphatic heterocycles. The first-order chi connectivity index (χ1) is 8.20. The van der Waals surface area contributed by atoms with Gasteiger partial charge in [-0.25, -0.2) is 4.39 Å². The summed E-state index contributed by atoms with van der Waals surface area (Å²) in [5, 5.41) is 0. The van der Waals surface area contributed by atoms with Gasteiger partial charge in [-0.05, 0) is 32.4 Å². The molecule has 0 saturated heterocycles. The van der Waals surface area contributed by atoms with Crippen LogP contribution in [0.15, 0.2) is 28.7 Å². The first kappa shape index (κ1) is 14.8. The molecule has 1 aromatic carbocycles. The highest BCUT2D eigenvalue weighted by atomic mass is 32.2. The van der Waals surface area contributed by atoms with E-state index in [1.807, 2.05) is 0 Å². The van der Waals surface area contributed by atoms with Crippen LogP contribution in [0.4, 0.5) is 4.39 Å². The Bertz CT molecular complexity index is 533. The van der Waals surface area contributed by atoms with Crippen LogP contribution in [-0.4, -0.2) is 20.2 Å². The van der Waals surface area contributed by atoms with E-state index in [1.165, 1.54) is 12.3 Å². The molecule has 1 aromatic rings. The van der Waals surface area contributed by atoms with Crippen molar-refractivity contribution in [2.75, 3.05) is 0 Å². The van der Waals surface area contributed by atoms with Crippen molar-refractivity contribution >= 4 is 16.4 Å². The largest absolute Gasteiger partial charge is 0.319 e. The highest BCUT2D eigenvalue weighted by Gasteiger charge is 2.17. The van der Waals surface area contributed by atoms with Crippen molar-refractivity contribution in [2.24, 2.45) is 4.40 Å². The van der Waals surface area contributed by atoms with Gasteiger partial charge in [0.25, 0.3) is 0 Å². The number of rotatable bonds is 4. The molecule has 0 aliphatic rings. The number of nitrogens with one attached hydrogen (secondary N) is 1. The standard InChI is InChI=1S/C12H17FN2O2S/c1-12(2,3)15-18(16,17)14-9-8-10-6-4-5-7-11(10)13/h4-7,9,15H,8H2,1-3H3/b14-9+. The highest BCUT2D eigenvalue weighted by Crippen LogP contribution is 2.06. The predicted octanol–water partition coefficient (Wildman–Crippen LogP) is 2.07. The van der Waals surface area contributed by atoms with E-state index >= 15 is 0 Å². The van der Waals surface area contributed by atoms with E-state index < -0.39 is 15.7 Å². The minimum Gasteiger partial charge on any atom is -0.207 e. The summed E-state index contributed by atoms with van der Waals surface area (Å²) in [5.41, 5.74) is -0.180. The number of hydrogen-bond donors (Lipinski definition) is 1. The van der Waals surface area contributed by atoms with Crippen LogP contribution in [-0.2, 0) is 16.6 Å². The van der Waals surface area contributed by atoms with E-state index in [2.05, 4.69) is 9.12 Å². The van der Waals surface area contributed by atoms with Crippen molar-refractivity contribution in [1.29, 1.82) is 0 Å². The lowest BCUT2D eigenvalue weighted by Gasteiger charge is -2.17. The van der Waals surface area contributed by atoms with Crippen LogP contribution < -0.4 is 4.72 Å². The molecular weight excluding hydrogens is 255 g/mol. The molecule has 0 aromatic heterocycles. The molecule has 0 saturated carbocycles. The molecule has 0 fully saturated rings. The highest BCUT2D eigenvalue weighted by molar-refractivity contribution is 7.88. The Morgan fingerprint density at radius 3 is 2.50 bits per heavy atom. The van der Waals surface area contributed by atoms with Crippen LogP contribution in [0, 0.1) is 5.82 Å². The van der Waals surface area contributed by atoms with E-state index in [1.54, 1.807) is 39.0 Å². The zero-order valence-electron chi connectivity index (χ0n) is 10.6. The zero-order valence-corrected chi connectivity index (χ0v) is 11.5. The van der Waals surface area contributed by atoms with Gasteiger partial charge in [0, 0.05) is 18.2 Å². The fourth-order valence-corrected chi connectivity index (χ4v) is 2.41. The van der Waals surface area contributed by atoms with E-state index in [4.69, 9.17) is 0 Å². The average Bonchev–Trinajstić information content (AvgIpc) is 2.17. The number of hydrogen-bond acceptors (Lipinski definition) is 2. The van der Waals surface area contributed by atoms with E-state index in [9.17, 15) is 12.8 Å². The molecule has 0 amide bonds. The molecule has 1 N–H and O–H groups in total. The summed E-state index contributed by atoms with van der Waals surface area (Å²) < 4.78 is 42.1. The third kappa shape index (κ3) is 5.37. The smallest absolute Gasteiger partial charge is 0.207 e. The van der Waals surface area contributed by atoms with Crippen LogP contribution in [0.3, 0.4) is 0 Å². The quantitative estimate of drug-likeness (QED) is 0.853. The monoisotopic (exact) mass is 272 g/mol. The molecule has 0 heterocycles. The van der Waals surface area contributed by atoms with Crippen molar-refractivity contribution in [3.05, 3.63) is 35.6 Å². The van der Waals surface area contributed by atoms with Crippen molar-refractivity contribution in [2.45, 2.75) is 32.7 Å². The summed E-state index contributed by atoms with van der Waals surface area (Å²) >= 11 is 0. The molecule has 0 aliphatic carbocycles. The second-order valence-corrected chi connectivity index (χ2v) is 6.28. The average molecular weight is 272 g/mol. The lowest BCUT2D eigenvalue weighted by molar-refractivity contribution is 0.492. The van der Waals surface area contributed by atoms with Crippen molar-refractivity contribution in [1.82, 2.24) is 4.72 Å². The van der Waals surface area contributed by atoms with Gasteiger partial charge in [0.05, 0.1) is 0 Å². The summed E-state index contributed by atoms with van der Waals surface area (Å²) in [6, 6.07) is 6.18. The van der Waals surface area contributed by atoms with Crippen LogP contribution in [0.2, 0.25) is 0 Å². The lowest BCUT2D eigenvalue weighted by atomic mass is 10.1. The second kappa shape index (κ2) is 5.58. The Morgan fingerprint density at radius 1 is 1.33 bits per heavy atom. The SMILES string of the molecule is CC(C)(C)NS(=O)(=O)/N=C/Cc1ccccc1F. The van der Waals surface area contributed by atoms with Gasteiger partial charge in [-0.3, -0.25) is 0 Å². The predicted molar refractivity (Wildman–Crippen MR) is 70.4 cm³/mol. The third-order valence-corrected chi connectivity index (χ3v) is 3.21. The Labute approximate surface area is 107 Å². The molecule has 0 radical (unpaired) electrons. The summed E-state index contributed by atoms with van der Waals surface area (Å²) in [5.74, 6) is -0.370. The Morgan fingerprint density at radius 2 is 1.94 bits per heavy atom. The summed E-state index contributed by atoms with van der Waals surface area (Å²) in [6.07, 6.45) is 1.32. The van der Waals surface area contributed by atoms with E-state index in [0.717, 1.165) is 0 Å². The molecule has 0 spiro atoms. The molecule has 0 unspecified atom stereocenters. The molecule has 1 rings (SSSR count). The Kier molecular flexibility index (Phi) is 4.59. The van der Waals surface area contributed by atoms with Crippen LogP contribution in [0.25, 0.3) is 0 Å². The van der Waals surface area contributed by atoms with Gasteiger partial charge in [-0.15, -0.1) is 0 Å². The first-order valence-corrected chi connectivity index (χ1v) is 6.95. The topological polar surface area (TPSA) is 58.5 Å². The lowest BCUT2D eigenvalue weighted by Crippen LogP contribution is -2.39. The van der Waals surface area contributed by atoms with E-state index in [0.29, 0.717) is 5.56 Å². The second-order valence-electron chi connectivity index (χ2n) is 4.91. The van der Waals surface area contributed by atoms with Gasteiger partial charge in [-0.2, -0.15) is 17.5 Å². The van der Waals surface area contributed by atoms with Crippen LogP contribution in [0.5, 0.6) is 0 Å². The number of benzene rings is 1. The molecular formula is C12H17FN2O2S. The third-order valence-electron chi connectivity index (χ3n) is 1.92. The van der Waals surface area contributed by atoms with Gasteiger partial charge >= 0.3 is 10.2 Å². The molecule has 4 nitrogen and oxygen atoms in total. The molecule has 0 bridgehead atoms. The summed E-state index contributed by atoms with van der Waals surface area (Å²) in [4.78, 5) is 0. The van der Waals surface area contributed by atoms with E-state index in [-0.39, 0.29) is 12.2 Å². The normalized spacial score (nSPS) is 13.1. The zero-order chi connectivity index (χ0) is 13.8. The van der Waals surface area contributed by atoms with Gasteiger partial charge in [0.1, 0.15) is 5.82 Å². The summed E-state index contributed by atoms with van der Waals surface area (Å²) in [7, 11) is -3.73. The Hall–Kier alpha value is -1.27. The van der Waals surface area contributed by atoms with Crippen molar-refractivity contribution in [3.8, 4) is 0 Å². The summed E-state index contributed by atoms with van der Waals surface area (Å²) in [6.45, 7) is 5.16. The number of halogens is 1. The minimum absolute atomic E-state index is 0.137. The molecule has 18 heavy (non-hydrogen) atoms. The first-order valence-electron chi connectivity index (χ1n) is 5.51. The maximum absolute atomic E-state index is 13.3. The van der Waals surface area contributed by atoms with Crippen LogP contribution in [0.1, 0.15) is 26.3 Å². The minimum atomic E-state index is -3.73. The maximum atomic E-state index is 13.3. The molecule has 100 valence electrons. The fraction of sp³-hybridized carbons (Fsp3) is 0.417. The Balaban J connectivity index is 2.69. The van der Waals surface area contributed by atoms with Crippen molar-refractivity contribution in [3.63, 3.8) is 0 Å². The van der Waals surface area contributed by atoms with Crippen molar-refractivity contribution < 1.29 is 12.8 Å². The maximum Gasteiger partial charge on any atom is 0.319 e. The fourth-order valence-electron chi connectivity index (χ4n) is 1.31. The molecule has 6 heteroatoms. The number of nitrogens with zero attached hydrogens (tertiary/aromatic N) is 1. The van der Waals surface area contributed by atoms with Gasteiger partial charge in [-0.1, -0.05) is 18.2 Å². The van der Waals surface area contributed by atoms with Gasteiger partial charge in [0.2, 0.25) is 0 Å². The van der Waals surface area contributed by atoms with Gasteiger partial charge in [0.15, 0.2) is 0 Å². The van der Waals surface area contributed by atoms with Crippen LogP contribution >= 0.6 is 0 Å². The molecule has 0 atom stereocenters.